The lowest BCUT2D eigenvalue weighted by molar-refractivity contribution is -0.146. The van der Waals surface area contributed by atoms with Crippen molar-refractivity contribution in [1.82, 2.24) is 0 Å². The Morgan fingerprint density at radius 3 is 2.40 bits per heavy atom. The van der Waals surface area contributed by atoms with E-state index in [4.69, 9.17) is 4.74 Å². The molecule has 4 saturated carbocycles. The van der Waals surface area contributed by atoms with Gasteiger partial charge in [0.15, 0.2) is 0 Å². The van der Waals surface area contributed by atoms with Crippen molar-refractivity contribution in [2.45, 2.75) is 115 Å². The monoisotopic (exact) mass is 418 g/mol. The predicted octanol–water partition coefficient (Wildman–Crippen LogP) is 5.72. The molecule has 5 aliphatic rings. The number of hydrogen-bond acceptors (Lipinski definition) is 3. The standard InChI is InChI=1S/C27H46O3/c1-24(28)13-14-26(3)20(17-24)6-8-21-22-9-7-19(25(22,2)12-10-23(21)26)5-4-11-27(29)15-16-30-18-27/h19-23,28-29H,4-18H2,1-3H3/t19?,20?,21-,22?,23?,24-,25?,26?,27?/m0/s1. The zero-order chi connectivity index (χ0) is 21.2. The summed E-state index contributed by atoms with van der Waals surface area (Å²) in [5, 5.41) is 21.4. The average Bonchev–Trinajstić information content (AvgIpc) is 3.26. The summed E-state index contributed by atoms with van der Waals surface area (Å²) >= 11 is 0. The number of hydrogen-bond donors (Lipinski definition) is 2. The molecule has 0 amide bonds. The van der Waals surface area contributed by atoms with E-state index in [1.807, 2.05) is 0 Å². The molecular formula is C27H46O3. The molecule has 0 aromatic carbocycles. The predicted molar refractivity (Wildman–Crippen MR) is 120 cm³/mol. The maximum Gasteiger partial charge on any atom is 0.0902 e. The fourth-order valence-electron chi connectivity index (χ4n) is 9.49. The summed E-state index contributed by atoms with van der Waals surface area (Å²) in [6, 6.07) is 0. The van der Waals surface area contributed by atoms with Gasteiger partial charge in [0.1, 0.15) is 0 Å². The van der Waals surface area contributed by atoms with Gasteiger partial charge in [-0.05, 0) is 118 Å². The van der Waals surface area contributed by atoms with Crippen molar-refractivity contribution in [3.05, 3.63) is 0 Å². The van der Waals surface area contributed by atoms with Gasteiger partial charge in [0.2, 0.25) is 0 Å². The summed E-state index contributed by atoms with van der Waals surface area (Å²) in [7, 11) is 0. The first-order valence-corrected chi connectivity index (χ1v) is 13.2. The van der Waals surface area contributed by atoms with Crippen LogP contribution in [0.4, 0.5) is 0 Å². The van der Waals surface area contributed by atoms with Crippen LogP contribution in [0.3, 0.4) is 0 Å². The van der Waals surface area contributed by atoms with Crippen LogP contribution in [0.2, 0.25) is 0 Å². The minimum Gasteiger partial charge on any atom is -0.390 e. The van der Waals surface area contributed by atoms with Gasteiger partial charge in [-0.1, -0.05) is 20.3 Å². The van der Waals surface area contributed by atoms with E-state index in [2.05, 4.69) is 20.8 Å². The molecule has 1 aliphatic heterocycles. The Morgan fingerprint density at radius 2 is 1.63 bits per heavy atom. The summed E-state index contributed by atoms with van der Waals surface area (Å²) in [6.07, 6.45) is 15.9. The first-order chi connectivity index (χ1) is 14.2. The molecule has 7 unspecified atom stereocenters. The fourth-order valence-corrected chi connectivity index (χ4v) is 9.49. The van der Waals surface area contributed by atoms with Crippen molar-refractivity contribution in [1.29, 1.82) is 0 Å². The molecule has 0 aromatic heterocycles. The summed E-state index contributed by atoms with van der Waals surface area (Å²) in [6.45, 7) is 8.60. The van der Waals surface area contributed by atoms with E-state index in [-0.39, 0.29) is 0 Å². The van der Waals surface area contributed by atoms with Crippen molar-refractivity contribution in [3.8, 4) is 0 Å². The topological polar surface area (TPSA) is 49.7 Å². The highest BCUT2D eigenvalue weighted by Gasteiger charge is 2.60. The molecule has 0 bridgehead atoms. The molecule has 1 saturated heterocycles. The highest BCUT2D eigenvalue weighted by molar-refractivity contribution is 5.10. The Hall–Kier alpha value is -0.120. The van der Waals surface area contributed by atoms with Crippen LogP contribution < -0.4 is 0 Å². The molecular weight excluding hydrogens is 372 g/mol. The second kappa shape index (κ2) is 7.45. The number of fused-ring (bicyclic) bond motifs is 5. The number of rotatable bonds is 4. The Morgan fingerprint density at radius 1 is 0.833 bits per heavy atom. The van der Waals surface area contributed by atoms with E-state index in [9.17, 15) is 10.2 Å². The molecule has 0 radical (unpaired) electrons. The molecule has 9 atom stereocenters. The minimum absolute atomic E-state index is 0.424. The fraction of sp³-hybridized carbons (Fsp3) is 1.00. The van der Waals surface area contributed by atoms with Crippen molar-refractivity contribution < 1.29 is 14.9 Å². The molecule has 2 N–H and O–H groups in total. The van der Waals surface area contributed by atoms with Crippen molar-refractivity contribution in [2.75, 3.05) is 13.2 Å². The van der Waals surface area contributed by atoms with Gasteiger partial charge in [0, 0.05) is 13.0 Å². The van der Waals surface area contributed by atoms with E-state index >= 15 is 0 Å². The van der Waals surface area contributed by atoms with E-state index in [0.29, 0.717) is 17.4 Å². The first kappa shape index (κ1) is 21.7. The van der Waals surface area contributed by atoms with Gasteiger partial charge in [-0.2, -0.15) is 0 Å². The molecule has 5 rings (SSSR count). The van der Waals surface area contributed by atoms with Crippen LogP contribution in [0.5, 0.6) is 0 Å². The Bertz CT molecular complexity index is 638. The van der Waals surface area contributed by atoms with Crippen molar-refractivity contribution in [2.24, 2.45) is 40.4 Å². The van der Waals surface area contributed by atoms with Crippen LogP contribution in [0.1, 0.15) is 104 Å². The average molecular weight is 419 g/mol. The van der Waals surface area contributed by atoms with Gasteiger partial charge >= 0.3 is 0 Å². The molecule has 0 spiro atoms. The summed E-state index contributed by atoms with van der Waals surface area (Å²) in [4.78, 5) is 0. The number of aliphatic hydroxyl groups is 2. The minimum atomic E-state index is -0.536. The Balaban J connectivity index is 1.25. The van der Waals surface area contributed by atoms with Crippen LogP contribution in [0.25, 0.3) is 0 Å². The zero-order valence-electron chi connectivity index (χ0n) is 19.8. The SMILES string of the molecule is CC12CCC3[C@@H](CCC4C[C@@](C)(O)CCC43C)C1CCC2CCCC1(O)CCOC1. The molecule has 4 aliphatic carbocycles. The third kappa shape index (κ3) is 3.50. The molecule has 0 aromatic rings. The quantitative estimate of drug-likeness (QED) is 0.614. The summed E-state index contributed by atoms with van der Waals surface area (Å²) in [5.41, 5.74) is 0.0362. The largest absolute Gasteiger partial charge is 0.390 e. The smallest absolute Gasteiger partial charge is 0.0902 e. The summed E-state index contributed by atoms with van der Waals surface area (Å²) in [5.74, 6) is 4.32. The van der Waals surface area contributed by atoms with E-state index in [0.717, 1.165) is 68.3 Å². The van der Waals surface area contributed by atoms with Gasteiger partial charge in [0.25, 0.3) is 0 Å². The Kier molecular flexibility index (Phi) is 5.39. The van der Waals surface area contributed by atoms with Gasteiger partial charge in [-0.15, -0.1) is 0 Å². The second-order valence-electron chi connectivity index (χ2n) is 13.1. The first-order valence-electron chi connectivity index (χ1n) is 13.2. The van der Waals surface area contributed by atoms with Crippen molar-refractivity contribution >= 4 is 0 Å². The Labute approximate surface area is 184 Å². The lowest BCUT2D eigenvalue weighted by atomic mass is 9.44. The van der Waals surface area contributed by atoms with Crippen LogP contribution in [-0.4, -0.2) is 34.6 Å². The maximum atomic E-state index is 10.7. The normalized spacial score (nSPS) is 55.7. The molecule has 5 fully saturated rings. The van der Waals surface area contributed by atoms with Gasteiger partial charge in [0.05, 0.1) is 17.8 Å². The van der Waals surface area contributed by atoms with Crippen molar-refractivity contribution in [3.63, 3.8) is 0 Å². The molecule has 3 nitrogen and oxygen atoms in total. The molecule has 3 heteroatoms. The lowest BCUT2D eigenvalue weighted by Gasteiger charge is -2.62. The van der Waals surface area contributed by atoms with E-state index < -0.39 is 11.2 Å². The zero-order valence-corrected chi connectivity index (χ0v) is 19.8. The number of ether oxygens (including phenoxy) is 1. The third-order valence-electron chi connectivity index (χ3n) is 11.4. The van der Waals surface area contributed by atoms with Gasteiger partial charge < -0.3 is 14.9 Å². The molecule has 172 valence electrons. The molecule has 1 heterocycles. The summed E-state index contributed by atoms with van der Waals surface area (Å²) < 4.78 is 5.45. The second-order valence-corrected chi connectivity index (χ2v) is 13.1. The lowest BCUT2D eigenvalue weighted by Crippen LogP contribution is -2.55. The van der Waals surface area contributed by atoms with E-state index in [1.165, 1.54) is 51.4 Å². The van der Waals surface area contributed by atoms with Gasteiger partial charge in [-0.3, -0.25) is 0 Å². The van der Waals surface area contributed by atoms with Gasteiger partial charge in [-0.25, -0.2) is 0 Å². The third-order valence-corrected chi connectivity index (χ3v) is 11.4. The highest BCUT2D eigenvalue weighted by atomic mass is 16.5. The molecule has 30 heavy (non-hydrogen) atoms. The van der Waals surface area contributed by atoms with E-state index in [1.54, 1.807) is 0 Å². The van der Waals surface area contributed by atoms with Crippen LogP contribution in [-0.2, 0) is 4.74 Å². The van der Waals surface area contributed by atoms with Crippen LogP contribution >= 0.6 is 0 Å². The maximum absolute atomic E-state index is 10.7. The van der Waals surface area contributed by atoms with Crippen LogP contribution in [0, 0.1) is 40.4 Å². The highest BCUT2D eigenvalue weighted by Crippen LogP contribution is 2.68. The van der Waals surface area contributed by atoms with Crippen LogP contribution in [0.15, 0.2) is 0 Å².